The van der Waals surface area contributed by atoms with E-state index in [0.29, 0.717) is 12.7 Å². The van der Waals surface area contributed by atoms with E-state index in [4.69, 9.17) is 9.47 Å². The van der Waals surface area contributed by atoms with Gasteiger partial charge in [0.05, 0.1) is 12.7 Å². The van der Waals surface area contributed by atoms with Crippen molar-refractivity contribution in [3.63, 3.8) is 0 Å². The molecule has 0 N–H and O–H groups in total. The van der Waals surface area contributed by atoms with Gasteiger partial charge < -0.3 is 9.47 Å². The highest BCUT2D eigenvalue weighted by molar-refractivity contribution is 5.81. The first-order valence-corrected chi connectivity index (χ1v) is 15.6. The molecule has 0 aromatic carbocycles. The summed E-state index contributed by atoms with van der Waals surface area (Å²) in [7, 11) is 0. The van der Waals surface area contributed by atoms with Crippen molar-refractivity contribution in [2.24, 2.45) is 17.8 Å². The van der Waals surface area contributed by atoms with Crippen molar-refractivity contribution in [1.82, 2.24) is 0 Å². The molecule has 0 atom stereocenters. The summed E-state index contributed by atoms with van der Waals surface area (Å²) in [6.07, 6.45) is 31.8. The molecule has 0 unspecified atom stereocenters. The van der Waals surface area contributed by atoms with Crippen molar-refractivity contribution in [3.05, 3.63) is 12.7 Å². The molecule has 35 heavy (non-hydrogen) atoms. The monoisotopic (exact) mass is 490 g/mol. The van der Waals surface area contributed by atoms with E-state index in [0.717, 1.165) is 30.8 Å². The van der Waals surface area contributed by atoms with E-state index in [1.807, 2.05) is 0 Å². The number of ether oxygens (including phenoxy) is 2. The average Bonchev–Trinajstić information content (AvgIpc) is 2.90. The van der Waals surface area contributed by atoms with Gasteiger partial charge in [-0.3, -0.25) is 0 Å². The molecule has 0 aromatic heterocycles. The molecule has 3 heteroatoms. The highest BCUT2D eigenvalue weighted by Gasteiger charge is 2.30. The summed E-state index contributed by atoms with van der Waals surface area (Å²) in [4.78, 5) is 11.0. The molecule has 3 nitrogen and oxygen atoms in total. The van der Waals surface area contributed by atoms with Gasteiger partial charge in [-0.05, 0) is 69.1 Å². The van der Waals surface area contributed by atoms with E-state index in [2.05, 4.69) is 13.5 Å². The van der Waals surface area contributed by atoms with E-state index in [1.165, 1.54) is 141 Å². The smallest absolute Gasteiger partial charge is 0.330 e. The van der Waals surface area contributed by atoms with Crippen molar-refractivity contribution >= 4 is 5.97 Å². The Kier molecular flexibility index (Phi) is 17.6. The predicted molar refractivity (Wildman–Crippen MR) is 149 cm³/mol. The normalized spacial score (nSPS) is 24.8. The van der Waals surface area contributed by atoms with Gasteiger partial charge in [0.25, 0.3) is 0 Å². The Balaban J connectivity index is 1.38. The number of rotatable bonds is 20. The van der Waals surface area contributed by atoms with Crippen molar-refractivity contribution in [3.8, 4) is 0 Å². The Morgan fingerprint density at radius 3 is 1.80 bits per heavy atom. The third kappa shape index (κ3) is 14.5. The molecule has 2 aliphatic rings. The van der Waals surface area contributed by atoms with Gasteiger partial charge >= 0.3 is 5.97 Å². The summed E-state index contributed by atoms with van der Waals surface area (Å²) in [6, 6.07) is 0. The molecule has 2 aliphatic carbocycles. The van der Waals surface area contributed by atoms with E-state index >= 15 is 0 Å². The van der Waals surface area contributed by atoms with Crippen molar-refractivity contribution in [2.75, 3.05) is 13.2 Å². The van der Waals surface area contributed by atoms with Crippen LogP contribution < -0.4 is 0 Å². The van der Waals surface area contributed by atoms with Crippen LogP contribution in [0.2, 0.25) is 0 Å². The van der Waals surface area contributed by atoms with Crippen molar-refractivity contribution < 1.29 is 14.3 Å². The summed E-state index contributed by atoms with van der Waals surface area (Å²) in [5, 5.41) is 0. The second kappa shape index (κ2) is 20.3. The average molecular weight is 491 g/mol. The number of carbonyl (C=O) groups excluding carboxylic acids is 1. The first-order valence-electron chi connectivity index (χ1n) is 15.6. The van der Waals surface area contributed by atoms with Crippen LogP contribution in [0.4, 0.5) is 0 Å². The molecule has 0 bridgehead atoms. The Morgan fingerprint density at radius 2 is 1.20 bits per heavy atom. The Labute approximate surface area is 218 Å². The minimum atomic E-state index is -0.296. The zero-order chi connectivity index (χ0) is 25.0. The van der Waals surface area contributed by atoms with E-state index in [-0.39, 0.29) is 5.97 Å². The van der Waals surface area contributed by atoms with Crippen LogP contribution in [-0.2, 0) is 14.3 Å². The van der Waals surface area contributed by atoms with Gasteiger partial charge in [-0.1, -0.05) is 103 Å². The largest absolute Gasteiger partial charge is 0.463 e. The molecule has 2 fully saturated rings. The zero-order valence-corrected chi connectivity index (χ0v) is 23.3. The van der Waals surface area contributed by atoms with Gasteiger partial charge in [-0.2, -0.15) is 0 Å². The summed E-state index contributed by atoms with van der Waals surface area (Å²) in [5.41, 5.74) is 0. The fourth-order valence-electron chi connectivity index (χ4n) is 6.46. The van der Waals surface area contributed by atoms with E-state index < -0.39 is 0 Å². The first-order chi connectivity index (χ1) is 17.2. The molecule has 0 aliphatic heterocycles. The van der Waals surface area contributed by atoms with Crippen LogP contribution in [0.25, 0.3) is 0 Å². The SMILES string of the molecule is C=CC(=O)OCCCCCCCCCC1CCC(C2CCC(OCCCCCCCC)CC2)CC1. The highest BCUT2D eigenvalue weighted by atomic mass is 16.5. The number of hydrogen-bond donors (Lipinski definition) is 0. The lowest BCUT2D eigenvalue weighted by atomic mass is 9.70. The Bertz CT molecular complexity index is 515. The fourth-order valence-corrected chi connectivity index (χ4v) is 6.46. The van der Waals surface area contributed by atoms with Crippen molar-refractivity contribution in [1.29, 1.82) is 0 Å². The molecular weight excluding hydrogens is 432 g/mol. The van der Waals surface area contributed by atoms with Gasteiger partial charge in [0.15, 0.2) is 0 Å². The number of hydrogen-bond acceptors (Lipinski definition) is 3. The summed E-state index contributed by atoms with van der Waals surface area (Å²) < 4.78 is 11.3. The summed E-state index contributed by atoms with van der Waals surface area (Å²) >= 11 is 0. The molecule has 2 saturated carbocycles. The van der Waals surface area contributed by atoms with E-state index in [9.17, 15) is 4.79 Å². The minimum Gasteiger partial charge on any atom is -0.463 e. The topological polar surface area (TPSA) is 35.5 Å². The molecule has 0 aromatic rings. The highest BCUT2D eigenvalue weighted by Crippen LogP contribution is 2.41. The number of unbranched alkanes of at least 4 members (excludes halogenated alkanes) is 11. The summed E-state index contributed by atoms with van der Waals surface area (Å²) in [5.74, 6) is 2.71. The molecule has 0 heterocycles. The van der Waals surface area contributed by atoms with Crippen LogP contribution in [-0.4, -0.2) is 25.3 Å². The second-order valence-electron chi connectivity index (χ2n) is 11.6. The number of esters is 1. The Morgan fingerprint density at radius 1 is 0.686 bits per heavy atom. The molecule has 0 radical (unpaired) electrons. The van der Waals surface area contributed by atoms with Crippen molar-refractivity contribution in [2.45, 2.75) is 154 Å². The maximum absolute atomic E-state index is 11.0. The van der Waals surface area contributed by atoms with Crippen LogP contribution >= 0.6 is 0 Å². The van der Waals surface area contributed by atoms with Gasteiger partial charge in [-0.25, -0.2) is 4.79 Å². The molecule has 2 rings (SSSR count). The number of carbonyl (C=O) groups is 1. The third-order valence-corrected chi connectivity index (χ3v) is 8.80. The molecule has 0 saturated heterocycles. The lowest BCUT2D eigenvalue weighted by Crippen LogP contribution is -2.28. The van der Waals surface area contributed by atoms with Crippen LogP contribution in [0, 0.1) is 17.8 Å². The first kappa shape index (κ1) is 30.4. The standard InChI is InChI=1S/C32H58O3/c1-3-5-6-7-12-15-26-34-31-24-22-30(23-25-31)29-20-18-28(19-21-29)17-14-11-9-8-10-13-16-27-35-32(33)4-2/h4,28-31H,2-3,5-27H2,1H3. The Hall–Kier alpha value is -0.830. The third-order valence-electron chi connectivity index (χ3n) is 8.80. The fraction of sp³-hybridized carbons (Fsp3) is 0.906. The molecular formula is C32H58O3. The van der Waals surface area contributed by atoms with Crippen LogP contribution in [0.3, 0.4) is 0 Å². The van der Waals surface area contributed by atoms with Crippen LogP contribution in [0.15, 0.2) is 12.7 Å². The molecule has 0 amide bonds. The molecule has 0 spiro atoms. The summed E-state index contributed by atoms with van der Waals surface area (Å²) in [6.45, 7) is 7.25. The predicted octanol–water partition coefficient (Wildman–Crippen LogP) is 9.58. The maximum Gasteiger partial charge on any atom is 0.330 e. The van der Waals surface area contributed by atoms with E-state index in [1.54, 1.807) is 0 Å². The van der Waals surface area contributed by atoms with Gasteiger partial charge in [-0.15, -0.1) is 0 Å². The second-order valence-corrected chi connectivity index (χ2v) is 11.6. The lowest BCUT2D eigenvalue weighted by molar-refractivity contribution is -0.137. The van der Waals surface area contributed by atoms with Crippen LogP contribution in [0.5, 0.6) is 0 Å². The maximum atomic E-state index is 11.0. The van der Waals surface area contributed by atoms with Gasteiger partial charge in [0.2, 0.25) is 0 Å². The molecule has 204 valence electrons. The van der Waals surface area contributed by atoms with Gasteiger partial charge in [0.1, 0.15) is 0 Å². The van der Waals surface area contributed by atoms with Crippen LogP contribution in [0.1, 0.15) is 148 Å². The van der Waals surface area contributed by atoms with Gasteiger partial charge in [0, 0.05) is 12.7 Å². The minimum absolute atomic E-state index is 0.296. The lowest BCUT2D eigenvalue weighted by Gasteiger charge is -2.38. The quantitative estimate of drug-likeness (QED) is 0.0968. The zero-order valence-electron chi connectivity index (χ0n) is 23.3.